The maximum atomic E-state index is 14.8. The summed E-state index contributed by atoms with van der Waals surface area (Å²) in [6.07, 6.45) is 0.357. The van der Waals surface area contributed by atoms with E-state index in [1.54, 1.807) is 17.6 Å². The number of nitrogens with zero attached hydrogens (tertiary/aromatic N) is 2. The Hall–Kier alpha value is -2.65. The number of rotatable bonds is 2. The molecule has 33 heavy (non-hydrogen) atoms. The van der Waals surface area contributed by atoms with Crippen molar-refractivity contribution in [3.05, 3.63) is 61.7 Å². The van der Waals surface area contributed by atoms with Gasteiger partial charge in [0.05, 0.1) is 30.1 Å². The van der Waals surface area contributed by atoms with Gasteiger partial charge in [0, 0.05) is 34.2 Å². The molecule has 0 radical (unpaired) electrons. The first kappa shape index (κ1) is 20.9. The van der Waals surface area contributed by atoms with Crippen LogP contribution < -0.4 is 10.9 Å². The second-order valence-electron chi connectivity index (χ2n) is 9.34. The van der Waals surface area contributed by atoms with E-state index in [2.05, 4.69) is 5.32 Å². The molecule has 1 aromatic carbocycles. The number of hydrogen-bond donors (Lipinski definition) is 3. The molecule has 2 aromatic heterocycles. The van der Waals surface area contributed by atoms with Gasteiger partial charge in [0.2, 0.25) is 0 Å². The average molecular weight is 451 g/mol. The van der Waals surface area contributed by atoms with Crippen molar-refractivity contribution in [2.45, 2.75) is 64.2 Å². The van der Waals surface area contributed by atoms with E-state index in [4.69, 9.17) is 9.72 Å². The zero-order valence-electron chi connectivity index (χ0n) is 18.8. The molecule has 1 aliphatic carbocycles. The van der Waals surface area contributed by atoms with E-state index in [-0.39, 0.29) is 30.4 Å². The monoisotopic (exact) mass is 451 g/mol. The number of aliphatic hydroxyl groups is 2. The summed E-state index contributed by atoms with van der Waals surface area (Å²) in [6, 6.07) is 3.31. The standard InChI is InChI=1S/C25H26FN3O4/c1-4-25(32)15-7-19-22-13(9-29(19)23(30)14(15)10-33-24(25)31)21-17(27-3)6-5-12-11(2)16(26)8-18(28-22)20(12)21/h7-8,17,24,27,31-32H,4-6,9-10H2,1-3H3/t17-,24?,25-/m0/s1. The fourth-order valence-electron chi connectivity index (χ4n) is 5.96. The van der Waals surface area contributed by atoms with Crippen molar-refractivity contribution < 1.29 is 19.3 Å². The normalized spacial score (nSPS) is 25.2. The van der Waals surface area contributed by atoms with Crippen LogP contribution >= 0.6 is 0 Å². The summed E-state index contributed by atoms with van der Waals surface area (Å²) in [5.74, 6) is -0.278. The van der Waals surface area contributed by atoms with E-state index in [1.807, 2.05) is 14.0 Å². The van der Waals surface area contributed by atoms with Gasteiger partial charge in [-0.15, -0.1) is 0 Å². The van der Waals surface area contributed by atoms with Crippen molar-refractivity contribution in [2.75, 3.05) is 7.05 Å². The number of hydrogen-bond acceptors (Lipinski definition) is 6. The van der Waals surface area contributed by atoms with E-state index in [1.165, 1.54) is 6.07 Å². The van der Waals surface area contributed by atoms with E-state index in [0.717, 1.165) is 34.9 Å². The third kappa shape index (κ3) is 2.57. The molecule has 3 N–H and O–H groups in total. The van der Waals surface area contributed by atoms with Crippen LogP contribution in [0.1, 0.15) is 59.2 Å². The zero-order chi connectivity index (χ0) is 23.2. The molecule has 3 aromatic rings. The molecule has 4 heterocycles. The van der Waals surface area contributed by atoms with Gasteiger partial charge in [-0.3, -0.25) is 4.79 Å². The number of nitrogens with one attached hydrogen (secondary N) is 1. The maximum Gasteiger partial charge on any atom is 0.257 e. The quantitative estimate of drug-likeness (QED) is 0.434. The Morgan fingerprint density at radius 2 is 2.12 bits per heavy atom. The SMILES string of the molecule is CC[C@]1(O)c2cc3n(c(=O)c2COC1O)Cc1c-3nc2cc(F)c(C)c3c2c1[C@@H](NC)CC3. The van der Waals surface area contributed by atoms with Crippen molar-refractivity contribution in [3.8, 4) is 11.4 Å². The van der Waals surface area contributed by atoms with Crippen LogP contribution in [0.3, 0.4) is 0 Å². The molecule has 0 spiro atoms. The summed E-state index contributed by atoms with van der Waals surface area (Å²) in [5, 5.41) is 25.9. The smallest absolute Gasteiger partial charge is 0.257 e. The van der Waals surface area contributed by atoms with Gasteiger partial charge in [-0.2, -0.15) is 0 Å². The molecule has 0 fully saturated rings. The summed E-state index contributed by atoms with van der Waals surface area (Å²) in [6.45, 7) is 3.84. The predicted octanol–water partition coefficient (Wildman–Crippen LogP) is 2.53. The molecule has 0 saturated carbocycles. The Balaban J connectivity index is 1.69. The van der Waals surface area contributed by atoms with Crippen LogP contribution in [-0.2, 0) is 29.9 Å². The minimum atomic E-state index is -1.68. The van der Waals surface area contributed by atoms with Crippen LogP contribution in [0.25, 0.3) is 22.3 Å². The van der Waals surface area contributed by atoms with Gasteiger partial charge < -0.3 is 24.8 Å². The molecule has 2 aliphatic heterocycles. The lowest BCUT2D eigenvalue weighted by Gasteiger charge is -2.37. The summed E-state index contributed by atoms with van der Waals surface area (Å²) in [7, 11) is 1.91. The Morgan fingerprint density at radius 1 is 1.33 bits per heavy atom. The van der Waals surface area contributed by atoms with Gasteiger partial charge in [-0.1, -0.05) is 6.92 Å². The molecule has 8 heteroatoms. The first-order chi connectivity index (χ1) is 15.8. The second kappa shape index (κ2) is 6.93. The van der Waals surface area contributed by atoms with Crippen molar-refractivity contribution in [1.82, 2.24) is 14.9 Å². The van der Waals surface area contributed by atoms with Crippen molar-refractivity contribution in [2.24, 2.45) is 0 Å². The summed E-state index contributed by atoms with van der Waals surface area (Å²) >= 11 is 0. The number of halogens is 1. The lowest BCUT2D eigenvalue weighted by Crippen LogP contribution is -2.47. The average Bonchev–Trinajstić information content (AvgIpc) is 3.18. The topological polar surface area (TPSA) is 96.6 Å². The van der Waals surface area contributed by atoms with Crippen molar-refractivity contribution >= 4 is 10.9 Å². The zero-order valence-corrected chi connectivity index (χ0v) is 18.8. The molecule has 0 saturated heterocycles. The summed E-state index contributed by atoms with van der Waals surface area (Å²) in [4.78, 5) is 18.4. The van der Waals surface area contributed by atoms with Gasteiger partial charge in [-0.05, 0) is 56.0 Å². The van der Waals surface area contributed by atoms with Crippen LogP contribution in [0.2, 0.25) is 0 Å². The van der Waals surface area contributed by atoms with E-state index >= 15 is 0 Å². The maximum absolute atomic E-state index is 14.8. The third-order valence-corrected chi connectivity index (χ3v) is 7.88. The van der Waals surface area contributed by atoms with Crippen molar-refractivity contribution in [3.63, 3.8) is 0 Å². The van der Waals surface area contributed by atoms with Gasteiger partial charge in [0.15, 0.2) is 6.29 Å². The largest absolute Gasteiger partial charge is 0.380 e. The Kier molecular flexibility index (Phi) is 4.39. The molecule has 6 rings (SSSR count). The molecular formula is C25H26FN3O4. The Labute approximate surface area is 189 Å². The highest BCUT2D eigenvalue weighted by molar-refractivity contribution is 5.92. The van der Waals surface area contributed by atoms with Gasteiger partial charge in [0.25, 0.3) is 5.56 Å². The highest BCUT2D eigenvalue weighted by Gasteiger charge is 2.45. The lowest BCUT2D eigenvalue weighted by atomic mass is 9.81. The van der Waals surface area contributed by atoms with E-state index in [0.29, 0.717) is 40.1 Å². The summed E-state index contributed by atoms with van der Waals surface area (Å²) < 4.78 is 21.8. The van der Waals surface area contributed by atoms with Crippen LogP contribution in [-0.4, -0.2) is 33.1 Å². The minimum absolute atomic E-state index is 0.0653. The number of fused-ring (bicyclic) bond motifs is 5. The second-order valence-corrected chi connectivity index (χ2v) is 9.34. The number of aryl methyl sites for hydroxylation is 1. The predicted molar refractivity (Wildman–Crippen MR) is 120 cm³/mol. The van der Waals surface area contributed by atoms with Gasteiger partial charge in [0.1, 0.15) is 11.4 Å². The molecule has 0 amide bonds. The number of pyridine rings is 2. The van der Waals surface area contributed by atoms with Crippen LogP contribution in [0.4, 0.5) is 4.39 Å². The molecule has 0 bridgehead atoms. The summed E-state index contributed by atoms with van der Waals surface area (Å²) in [5.41, 5.74) is 4.26. The number of benzene rings is 1. The molecule has 172 valence electrons. The number of aliphatic hydroxyl groups excluding tert-OH is 1. The fourth-order valence-corrected chi connectivity index (χ4v) is 5.96. The molecular weight excluding hydrogens is 425 g/mol. The number of ether oxygens (including phenoxy) is 1. The molecule has 3 atom stereocenters. The van der Waals surface area contributed by atoms with E-state index in [9.17, 15) is 19.4 Å². The van der Waals surface area contributed by atoms with Gasteiger partial charge >= 0.3 is 0 Å². The molecule has 7 nitrogen and oxygen atoms in total. The lowest BCUT2D eigenvalue weighted by molar-refractivity contribution is -0.236. The Morgan fingerprint density at radius 3 is 2.85 bits per heavy atom. The first-order valence-electron chi connectivity index (χ1n) is 11.4. The highest BCUT2D eigenvalue weighted by atomic mass is 19.1. The van der Waals surface area contributed by atoms with Crippen LogP contribution in [0.15, 0.2) is 16.9 Å². The van der Waals surface area contributed by atoms with Crippen LogP contribution in [0.5, 0.6) is 0 Å². The number of aromatic nitrogens is 2. The third-order valence-electron chi connectivity index (χ3n) is 7.88. The van der Waals surface area contributed by atoms with Gasteiger partial charge in [-0.25, -0.2) is 9.37 Å². The molecule has 1 unspecified atom stereocenters. The Bertz CT molecular complexity index is 1420. The van der Waals surface area contributed by atoms with E-state index < -0.39 is 11.9 Å². The molecule has 3 aliphatic rings. The highest BCUT2D eigenvalue weighted by Crippen LogP contribution is 2.46. The fraction of sp³-hybridized carbons (Fsp3) is 0.440. The van der Waals surface area contributed by atoms with Crippen molar-refractivity contribution in [1.29, 1.82) is 0 Å². The van der Waals surface area contributed by atoms with Crippen LogP contribution in [0, 0.1) is 12.7 Å². The first-order valence-corrected chi connectivity index (χ1v) is 11.4. The minimum Gasteiger partial charge on any atom is -0.380 e.